The third kappa shape index (κ3) is 2.67. The lowest BCUT2D eigenvalue weighted by Crippen LogP contribution is -2.38. The molecule has 120 valence electrons. The Bertz CT molecular complexity index is 762. The summed E-state index contributed by atoms with van der Waals surface area (Å²) in [6.07, 6.45) is 2.77. The van der Waals surface area contributed by atoms with Crippen LogP contribution in [0.3, 0.4) is 0 Å². The molecule has 23 heavy (non-hydrogen) atoms. The number of rotatable bonds is 3. The van der Waals surface area contributed by atoms with Crippen LogP contribution in [0.15, 0.2) is 30.9 Å². The van der Waals surface area contributed by atoms with Crippen molar-refractivity contribution in [2.45, 2.75) is 19.0 Å². The van der Waals surface area contributed by atoms with E-state index < -0.39 is 18.2 Å². The Hall–Kier alpha value is -2.77. The number of alkyl halides is 1. The van der Waals surface area contributed by atoms with Gasteiger partial charge in [-0.15, -0.1) is 0 Å². The molecule has 8 heteroatoms. The maximum Gasteiger partial charge on any atom is 0.343 e. The molecule has 3 rings (SSSR count). The first-order valence-electron chi connectivity index (χ1n) is 7.08. The number of aryl methyl sites for hydroxylation is 1. The third-order valence-electron chi connectivity index (χ3n) is 4.00. The molecule has 0 spiro atoms. The number of likely N-dealkylation sites (tertiary alicyclic amines) is 1. The van der Waals surface area contributed by atoms with E-state index >= 15 is 0 Å². The Kier molecular flexibility index (Phi) is 3.59. The van der Waals surface area contributed by atoms with Crippen LogP contribution < -0.4 is 0 Å². The van der Waals surface area contributed by atoms with Crippen molar-refractivity contribution >= 4 is 11.9 Å². The van der Waals surface area contributed by atoms with E-state index in [4.69, 9.17) is 5.11 Å². The van der Waals surface area contributed by atoms with E-state index in [0.717, 1.165) is 11.3 Å². The summed E-state index contributed by atoms with van der Waals surface area (Å²) in [6, 6.07) is 5.02. The highest BCUT2D eigenvalue weighted by Crippen LogP contribution is 2.27. The van der Waals surface area contributed by atoms with Crippen LogP contribution >= 0.6 is 0 Å². The van der Waals surface area contributed by atoms with Gasteiger partial charge in [-0.1, -0.05) is 0 Å². The molecule has 1 aromatic heterocycles. The summed E-state index contributed by atoms with van der Waals surface area (Å²) in [4.78, 5) is 28.5. The topological polar surface area (TPSA) is 88.3 Å². The number of amides is 1. The molecule has 0 radical (unpaired) electrons. The van der Waals surface area contributed by atoms with Gasteiger partial charge in [-0.25, -0.2) is 18.9 Å². The Morgan fingerprint density at radius 1 is 1.39 bits per heavy atom. The monoisotopic (exact) mass is 318 g/mol. The minimum absolute atomic E-state index is 0.0888. The number of benzene rings is 1. The largest absolute Gasteiger partial charge is 0.479 e. The Balaban J connectivity index is 1.82. The highest BCUT2D eigenvalue weighted by Gasteiger charge is 2.46. The normalized spacial score (nSPS) is 20.7. The highest BCUT2D eigenvalue weighted by atomic mass is 19.1. The van der Waals surface area contributed by atoms with Gasteiger partial charge in [-0.2, -0.15) is 5.10 Å². The fraction of sp³-hybridized carbons (Fsp3) is 0.333. The van der Waals surface area contributed by atoms with E-state index in [1.165, 1.54) is 11.2 Å². The van der Waals surface area contributed by atoms with E-state index in [9.17, 15) is 14.0 Å². The van der Waals surface area contributed by atoms with Gasteiger partial charge in [-0.05, 0) is 30.7 Å². The lowest BCUT2D eigenvalue weighted by Gasteiger charge is -2.18. The van der Waals surface area contributed by atoms with Gasteiger partial charge in [0, 0.05) is 18.5 Å². The lowest BCUT2D eigenvalue weighted by molar-refractivity contribution is -0.149. The fourth-order valence-electron chi connectivity index (χ4n) is 2.68. The molecular weight excluding hydrogens is 303 g/mol. The van der Waals surface area contributed by atoms with Crippen molar-refractivity contribution in [3.05, 3.63) is 42.0 Å². The van der Waals surface area contributed by atoms with E-state index in [2.05, 4.69) is 10.1 Å². The molecule has 2 heterocycles. The van der Waals surface area contributed by atoms with E-state index in [1.807, 2.05) is 6.92 Å². The molecule has 0 saturated carbocycles. The second kappa shape index (κ2) is 5.45. The Morgan fingerprint density at radius 3 is 2.74 bits per heavy atom. The van der Waals surface area contributed by atoms with Crippen molar-refractivity contribution in [2.75, 3.05) is 13.1 Å². The van der Waals surface area contributed by atoms with Crippen LogP contribution in [-0.2, 0) is 4.79 Å². The molecule has 7 nitrogen and oxygen atoms in total. The standard InChI is InChI=1S/C15H15FN4O3/c1-10-6-11(2-3-12(10)20-9-17-8-18-20)13(21)19-5-4-15(16,7-19)14(22)23/h2-3,6,8-9H,4-5,7H2,1H3,(H,22,23)/t15-/m0/s1. The predicted octanol–water partition coefficient (Wildman–Crippen LogP) is 1.21. The molecule has 1 fully saturated rings. The van der Waals surface area contributed by atoms with Gasteiger partial charge in [0.25, 0.3) is 5.91 Å². The zero-order valence-corrected chi connectivity index (χ0v) is 12.4. The second-order valence-electron chi connectivity index (χ2n) is 5.59. The first-order chi connectivity index (χ1) is 10.9. The summed E-state index contributed by atoms with van der Waals surface area (Å²) in [5.41, 5.74) is -0.372. The molecule has 1 aromatic carbocycles. The first-order valence-corrected chi connectivity index (χ1v) is 7.08. The van der Waals surface area contributed by atoms with Crippen LogP contribution in [0.4, 0.5) is 4.39 Å². The molecule has 1 atom stereocenters. The maximum absolute atomic E-state index is 14.1. The van der Waals surface area contributed by atoms with Crippen molar-refractivity contribution in [1.82, 2.24) is 19.7 Å². The van der Waals surface area contributed by atoms with Crippen LogP contribution in [0.5, 0.6) is 0 Å². The van der Waals surface area contributed by atoms with Crippen molar-refractivity contribution in [3.63, 3.8) is 0 Å². The number of carboxylic acid groups (broad SMARTS) is 1. The highest BCUT2D eigenvalue weighted by molar-refractivity contribution is 5.95. The number of hydrogen-bond acceptors (Lipinski definition) is 4. The van der Waals surface area contributed by atoms with Gasteiger partial charge in [0.05, 0.1) is 12.2 Å². The molecule has 1 saturated heterocycles. The average molecular weight is 318 g/mol. The molecule has 1 N–H and O–H groups in total. The number of carbonyl (C=O) groups is 2. The summed E-state index contributed by atoms with van der Waals surface area (Å²) >= 11 is 0. The summed E-state index contributed by atoms with van der Waals surface area (Å²) in [6.45, 7) is 1.49. The van der Waals surface area contributed by atoms with Crippen molar-refractivity contribution in [3.8, 4) is 5.69 Å². The van der Waals surface area contributed by atoms with Crippen LogP contribution in [0.25, 0.3) is 5.69 Å². The smallest absolute Gasteiger partial charge is 0.343 e. The first kappa shape index (κ1) is 15.1. The zero-order chi connectivity index (χ0) is 16.6. The van der Waals surface area contributed by atoms with E-state index in [0.29, 0.717) is 5.56 Å². The number of aliphatic carboxylic acids is 1. The number of hydrogen-bond donors (Lipinski definition) is 1. The van der Waals surface area contributed by atoms with Gasteiger partial charge in [0.15, 0.2) is 0 Å². The van der Waals surface area contributed by atoms with Crippen LogP contribution in [0.2, 0.25) is 0 Å². The zero-order valence-electron chi connectivity index (χ0n) is 12.4. The van der Waals surface area contributed by atoms with Gasteiger partial charge in [0.1, 0.15) is 12.7 Å². The van der Waals surface area contributed by atoms with E-state index in [-0.39, 0.29) is 18.9 Å². The lowest BCUT2D eigenvalue weighted by atomic mass is 10.1. The van der Waals surface area contributed by atoms with Crippen LogP contribution in [0.1, 0.15) is 22.3 Å². The summed E-state index contributed by atoms with van der Waals surface area (Å²) in [7, 11) is 0. The SMILES string of the molecule is Cc1cc(C(=O)N2CC[C@@](F)(C(=O)O)C2)ccc1-n1cncn1. The number of carboxylic acids is 1. The van der Waals surface area contributed by atoms with Gasteiger partial charge < -0.3 is 10.0 Å². The number of carbonyl (C=O) groups excluding carboxylic acids is 1. The van der Waals surface area contributed by atoms with Crippen molar-refractivity contribution < 1.29 is 19.1 Å². The van der Waals surface area contributed by atoms with Crippen LogP contribution in [0, 0.1) is 6.92 Å². The maximum atomic E-state index is 14.1. The second-order valence-corrected chi connectivity index (χ2v) is 5.59. The quantitative estimate of drug-likeness (QED) is 0.919. The molecule has 1 aliphatic heterocycles. The Labute approximate surface area is 131 Å². The minimum Gasteiger partial charge on any atom is -0.479 e. The summed E-state index contributed by atoms with van der Waals surface area (Å²) in [5.74, 6) is -1.90. The molecule has 0 bridgehead atoms. The molecule has 1 amide bonds. The minimum atomic E-state index is -2.36. The van der Waals surface area contributed by atoms with Gasteiger partial charge in [-0.3, -0.25) is 4.79 Å². The van der Waals surface area contributed by atoms with Gasteiger partial charge >= 0.3 is 5.97 Å². The molecular formula is C15H15FN4O3. The number of halogens is 1. The number of aromatic nitrogens is 3. The molecule has 1 aliphatic rings. The number of nitrogens with zero attached hydrogens (tertiary/aromatic N) is 4. The summed E-state index contributed by atoms with van der Waals surface area (Å²) in [5, 5.41) is 12.9. The third-order valence-corrected chi connectivity index (χ3v) is 4.00. The van der Waals surface area contributed by atoms with Crippen LogP contribution in [-0.4, -0.2) is 55.4 Å². The van der Waals surface area contributed by atoms with Crippen molar-refractivity contribution in [1.29, 1.82) is 0 Å². The fourth-order valence-corrected chi connectivity index (χ4v) is 2.68. The van der Waals surface area contributed by atoms with Gasteiger partial charge in [0.2, 0.25) is 5.67 Å². The van der Waals surface area contributed by atoms with Crippen molar-refractivity contribution in [2.24, 2.45) is 0 Å². The Morgan fingerprint density at radius 2 is 2.17 bits per heavy atom. The summed E-state index contributed by atoms with van der Waals surface area (Å²) < 4.78 is 15.7. The average Bonchev–Trinajstić information content (AvgIpc) is 3.17. The molecule has 0 aliphatic carbocycles. The predicted molar refractivity (Wildman–Crippen MR) is 78.1 cm³/mol. The molecule has 0 unspecified atom stereocenters. The van der Waals surface area contributed by atoms with E-state index in [1.54, 1.807) is 29.2 Å². The molecule has 2 aromatic rings.